The molecule has 0 aliphatic carbocycles. The molecule has 0 radical (unpaired) electrons. The van der Waals surface area contributed by atoms with Crippen LogP contribution in [0.3, 0.4) is 0 Å². The summed E-state index contributed by atoms with van der Waals surface area (Å²) in [5, 5.41) is 2.75. The van der Waals surface area contributed by atoms with Crippen molar-refractivity contribution in [1.82, 2.24) is 19.7 Å². The first-order valence-electron chi connectivity index (χ1n) is 13.9. The minimum Gasteiger partial charge on any atom is -0.345 e. The van der Waals surface area contributed by atoms with E-state index in [1.807, 2.05) is 35.8 Å². The van der Waals surface area contributed by atoms with Gasteiger partial charge in [-0.2, -0.15) is 13.2 Å². The van der Waals surface area contributed by atoms with Gasteiger partial charge in [0.2, 0.25) is 0 Å². The van der Waals surface area contributed by atoms with Crippen molar-refractivity contribution < 1.29 is 27.2 Å². The standard InChI is InChI=1S/C30H34F4N4O2/c31-26-9-8-21(19-35-29(40)30(32,33)34)18-24(26)22-10-14-37(15-11-22)28(39)25-20-38(27-7-3-2-6-23(25)27)17-16-36-12-4-1-5-13-36/h2-3,6-9,18,20,22H,1,4-5,10-17,19H2,(H,35,40). The molecule has 0 bridgehead atoms. The number of carbonyl (C=O) groups excluding carboxylic acids is 2. The zero-order valence-corrected chi connectivity index (χ0v) is 22.4. The maximum atomic E-state index is 14.7. The number of benzene rings is 2. The average molecular weight is 559 g/mol. The number of nitrogens with zero attached hydrogens (tertiary/aromatic N) is 3. The molecule has 2 fully saturated rings. The zero-order valence-electron chi connectivity index (χ0n) is 22.4. The Labute approximate surface area is 230 Å². The summed E-state index contributed by atoms with van der Waals surface area (Å²) in [5.74, 6) is -2.69. The second kappa shape index (κ2) is 12.0. The zero-order chi connectivity index (χ0) is 28.3. The number of alkyl halides is 3. The molecule has 10 heteroatoms. The van der Waals surface area contributed by atoms with Crippen molar-refractivity contribution in [3.63, 3.8) is 0 Å². The first-order chi connectivity index (χ1) is 19.2. The molecule has 3 heterocycles. The summed E-state index contributed by atoms with van der Waals surface area (Å²) in [4.78, 5) is 29.1. The second-order valence-corrected chi connectivity index (χ2v) is 10.8. The number of amides is 2. The highest BCUT2D eigenvalue weighted by atomic mass is 19.4. The fraction of sp³-hybridized carbons (Fsp3) is 0.467. The maximum Gasteiger partial charge on any atom is 0.471 e. The van der Waals surface area contributed by atoms with Crippen molar-refractivity contribution in [2.45, 2.75) is 57.3 Å². The van der Waals surface area contributed by atoms with Gasteiger partial charge in [-0.05, 0) is 68.0 Å². The highest BCUT2D eigenvalue weighted by Gasteiger charge is 2.38. The first-order valence-corrected chi connectivity index (χ1v) is 13.9. The molecule has 5 rings (SSSR count). The third kappa shape index (κ3) is 6.32. The van der Waals surface area contributed by atoms with E-state index in [1.54, 1.807) is 4.90 Å². The fourth-order valence-electron chi connectivity index (χ4n) is 5.90. The molecule has 0 atom stereocenters. The molecule has 0 saturated carbocycles. The van der Waals surface area contributed by atoms with Gasteiger partial charge < -0.3 is 19.7 Å². The van der Waals surface area contributed by atoms with Crippen LogP contribution in [-0.4, -0.2) is 65.1 Å². The van der Waals surface area contributed by atoms with Gasteiger partial charge in [0.05, 0.1) is 5.56 Å². The summed E-state index contributed by atoms with van der Waals surface area (Å²) in [6, 6.07) is 12.1. The van der Waals surface area contributed by atoms with Crippen molar-refractivity contribution in [3.8, 4) is 0 Å². The highest BCUT2D eigenvalue weighted by Crippen LogP contribution is 2.32. The Morgan fingerprint density at radius 1 is 0.925 bits per heavy atom. The van der Waals surface area contributed by atoms with E-state index in [9.17, 15) is 27.2 Å². The quantitative estimate of drug-likeness (QED) is 0.392. The minimum atomic E-state index is -4.97. The molecule has 2 aliphatic heterocycles. The summed E-state index contributed by atoms with van der Waals surface area (Å²) >= 11 is 0. The summed E-state index contributed by atoms with van der Waals surface area (Å²) in [7, 11) is 0. The van der Waals surface area contributed by atoms with Crippen LogP contribution in [-0.2, 0) is 17.9 Å². The molecule has 2 aromatic carbocycles. The molecule has 3 aromatic rings. The van der Waals surface area contributed by atoms with Crippen molar-refractivity contribution in [1.29, 1.82) is 0 Å². The molecule has 214 valence electrons. The van der Waals surface area contributed by atoms with Crippen LogP contribution in [0.5, 0.6) is 0 Å². The Hall–Kier alpha value is -3.40. The van der Waals surface area contributed by atoms with E-state index in [0.717, 1.165) is 37.1 Å². The van der Waals surface area contributed by atoms with Gasteiger partial charge in [0.1, 0.15) is 5.82 Å². The predicted octanol–water partition coefficient (Wildman–Crippen LogP) is 5.46. The van der Waals surface area contributed by atoms with E-state index in [4.69, 9.17) is 0 Å². The van der Waals surface area contributed by atoms with Crippen LogP contribution in [0.15, 0.2) is 48.7 Å². The number of halogens is 4. The molecular weight excluding hydrogens is 524 g/mol. The van der Waals surface area contributed by atoms with Crippen molar-refractivity contribution in [3.05, 3.63) is 71.2 Å². The number of likely N-dealkylation sites (tertiary alicyclic amines) is 2. The molecule has 0 unspecified atom stereocenters. The van der Waals surface area contributed by atoms with Crippen LogP contribution in [0.4, 0.5) is 17.6 Å². The molecule has 0 spiro atoms. The summed E-state index contributed by atoms with van der Waals surface area (Å²) in [6.45, 7) is 4.55. The van der Waals surface area contributed by atoms with Gasteiger partial charge in [0.25, 0.3) is 5.91 Å². The predicted molar refractivity (Wildman–Crippen MR) is 144 cm³/mol. The number of carbonyl (C=O) groups is 2. The van der Waals surface area contributed by atoms with Gasteiger partial charge in [-0.25, -0.2) is 4.39 Å². The number of hydrogen-bond acceptors (Lipinski definition) is 3. The monoisotopic (exact) mass is 558 g/mol. The lowest BCUT2D eigenvalue weighted by Gasteiger charge is -2.32. The molecular formula is C30H34F4N4O2. The van der Waals surface area contributed by atoms with Crippen molar-refractivity contribution in [2.24, 2.45) is 0 Å². The lowest BCUT2D eigenvalue weighted by Crippen LogP contribution is -2.38. The van der Waals surface area contributed by atoms with E-state index in [1.165, 1.54) is 37.5 Å². The number of aromatic nitrogens is 1. The Morgan fingerprint density at radius 3 is 2.38 bits per heavy atom. The van der Waals surface area contributed by atoms with Crippen LogP contribution < -0.4 is 5.32 Å². The van der Waals surface area contributed by atoms with E-state index in [-0.39, 0.29) is 18.4 Å². The van der Waals surface area contributed by atoms with E-state index in [2.05, 4.69) is 9.47 Å². The number of para-hydroxylation sites is 1. The summed E-state index contributed by atoms with van der Waals surface area (Å²) in [5.41, 5.74) is 2.50. The van der Waals surface area contributed by atoms with Gasteiger partial charge in [0.15, 0.2) is 0 Å². The van der Waals surface area contributed by atoms with Gasteiger partial charge in [-0.1, -0.05) is 36.8 Å². The Kier molecular flexibility index (Phi) is 8.44. The van der Waals surface area contributed by atoms with Crippen molar-refractivity contribution in [2.75, 3.05) is 32.7 Å². The largest absolute Gasteiger partial charge is 0.471 e. The van der Waals surface area contributed by atoms with Crippen LogP contribution in [0.1, 0.15) is 59.5 Å². The summed E-state index contributed by atoms with van der Waals surface area (Å²) in [6.07, 6.45) is 1.81. The molecule has 2 amide bonds. The fourth-order valence-corrected chi connectivity index (χ4v) is 5.90. The first kappa shape index (κ1) is 28.1. The average Bonchev–Trinajstić information content (AvgIpc) is 3.34. The molecule has 6 nitrogen and oxygen atoms in total. The smallest absolute Gasteiger partial charge is 0.345 e. The van der Waals surface area contributed by atoms with Gasteiger partial charge >= 0.3 is 12.1 Å². The molecule has 2 aliphatic rings. The second-order valence-electron chi connectivity index (χ2n) is 10.8. The van der Waals surface area contributed by atoms with Crippen LogP contribution in [0, 0.1) is 5.82 Å². The number of hydrogen-bond donors (Lipinski definition) is 1. The molecule has 1 aromatic heterocycles. The lowest BCUT2D eigenvalue weighted by atomic mass is 9.88. The van der Waals surface area contributed by atoms with Crippen molar-refractivity contribution >= 4 is 22.7 Å². The number of rotatable bonds is 7. The van der Waals surface area contributed by atoms with Crippen LogP contribution in [0.2, 0.25) is 0 Å². The SMILES string of the molecule is O=C(c1cn(CCN2CCCCC2)c2ccccc12)N1CCC(c2cc(CNC(=O)C(F)(F)F)ccc2F)CC1. The van der Waals surface area contributed by atoms with Gasteiger partial charge in [-0.15, -0.1) is 0 Å². The third-order valence-electron chi connectivity index (χ3n) is 8.12. The van der Waals surface area contributed by atoms with E-state index in [0.29, 0.717) is 42.6 Å². The highest BCUT2D eigenvalue weighted by molar-refractivity contribution is 6.07. The molecule has 2 saturated heterocycles. The Morgan fingerprint density at radius 2 is 1.65 bits per heavy atom. The van der Waals surface area contributed by atoms with E-state index < -0.39 is 17.9 Å². The molecule has 1 N–H and O–H groups in total. The minimum absolute atomic E-state index is 0.0459. The normalized spacial score (nSPS) is 17.4. The van der Waals surface area contributed by atoms with Crippen LogP contribution >= 0.6 is 0 Å². The lowest BCUT2D eigenvalue weighted by molar-refractivity contribution is -0.173. The van der Waals surface area contributed by atoms with E-state index >= 15 is 0 Å². The topological polar surface area (TPSA) is 57.6 Å². The Balaban J connectivity index is 1.24. The number of piperidine rings is 2. The van der Waals surface area contributed by atoms with Gasteiger partial charge in [0, 0.05) is 49.8 Å². The number of nitrogens with one attached hydrogen (secondary N) is 1. The third-order valence-corrected chi connectivity index (χ3v) is 8.12. The van der Waals surface area contributed by atoms with Gasteiger partial charge in [-0.3, -0.25) is 9.59 Å². The maximum absolute atomic E-state index is 14.7. The summed E-state index contributed by atoms with van der Waals surface area (Å²) < 4.78 is 54.4. The van der Waals surface area contributed by atoms with Crippen LogP contribution in [0.25, 0.3) is 10.9 Å². The Bertz CT molecular complexity index is 1360. The number of fused-ring (bicyclic) bond motifs is 1. The molecule has 40 heavy (non-hydrogen) atoms.